The first-order chi connectivity index (χ1) is 49.0. The van der Waals surface area contributed by atoms with Gasteiger partial charge in [-0.05, 0) is 285 Å². The summed E-state index contributed by atoms with van der Waals surface area (Å²) in [7, 11) is -0.875. The van der Waals surface area contributed by atoms with E-state index in [9.17, 15) is 30.7 Å². The van der Waals surface area contributed by atoms with E-state index in [1.54, 1.807) is 12.1 Å². The summed E-state index contributed by atoms with van der Waals surface area (Å²) in [5, 5.41) is 0. The van der Waals surface area contributed by atoms with Gasteiger partial charge in [0.1, 0.15) is 11.6 Å². The van der Waals surface area contributed by atoms with Gasteiger partial charge in [-0.15, -0.1) is 0 Å². The van der Waals surface area contributed by atoms with Crippen LogP contribution in [0.1, 0.15) is 79.9 Å². The van der Waals surface area contributed by atoms with Crippen LogP contribution in [0.4, 0.5) is 81.9 Å². The first-order valence-electron chi connectivity index (χ1n) is 33.1. The van der Waals surface area contributed by atoms with Crippen LogP contribution in [0, 0.1) is 11.2 Å². The van der Waals surface area contributed by atoms with Gasteiger partial charge in [-0.3, -0.25) is 0 Å². The summed E-state index contributed by atoms with van der Waals surface area (Å²) in [4.78, 5) is 6.60. The van der Waals surface area contributed by atoms with Crippen LogP contribution in [0.15, 0.2) is 263 Å². The van der Waals surface area contributed by atoms with E-state index in [-0.39, 0.29) is 21.8 Å². The van der Waals surface area contributed by atoms with Crippen molar-refractivity contribution in [2.45, 2.75) is 103 Å². The number of anilines is 9. The highest BCUT2D eigenvalue weighted by Gasteiger charge is 2.53. The standard InChI is InChI=1S/C30H36B2FNO4.C30H20Br4N2.C12H15BrO2.C8H3BrF6/c1-27(2)28(3,4)36-31(35-27)21-9-15-24(16-10-21)34(26-19-13-23(33)14-20-26)25-17-11-22(12-18-25)32-37-29(5,6)30(7,8)38-32;31-21-1-9-25(10-2-21)35(26-11-3-22(32)4-12-26)29-17-19-30(20-18-29)36(27-13-5-23(33)6-14-27)28-15-7-24(34)8-16-28;1-2-12(7-14-8-12)9-15-11-5-3-10(13)4-6-11;9-6-2-4(7(10,11)12)1-5(3-6)8(13,14)15/h9-20H,1-8H3;1-20H;3-6H,2,7-9H2,1H3;1-3H. The molecular weight excluding hydrogens is 1730 g/mol. The monoisotopic (exact) mass is 1800 g/mol. The van der Waals surface area contributed by atoms with Crippen molar-refractivity contribution in [3.8, 4) is 5.75 Å². The van der Waals surface area contributed by atoms with Crippen molar-refractivity contribution in [3.05, 3.63) is 280 Å². The lowest BCUT2D eigenvalue weighted by atomic mass is 9.79. The second-order valence-corrected chi connectivity index (χ2v) is 32.6. The Kier molecular flexibility index (Phi) is 25.8. The van der Waals surface area contributed by atoms with Gasteiger partial charge in [0.15, 0.2) is 0 Å². The normalized spacial score (nSPS) is 15.9. The topological polar surface area (TPSA) is 65.1 Å². The molecule has 24 heteroatoms. The van der Waals surface area contributed by atoms with Gasteiger partial charge in [0, 0.05) is 78.0 Å². The average Bonchev–Trinajstić information content (AvgIpc) is 1.56. The second-order valence-electron chi connectivity index (χ2n) is 27.1. The minimum atomic E-state index is -4.79. The van der Waals surface area contributed by atoms with Crippen molar-refractivity contribution < 1.29 is 58.8 Å². The molecule has 3 fully saturated rings. The maximum absolute atomic E-state index is 13.8. The lowest BCUT2D eigenvalue weighted by Gasteiger charge is -2.40. The van der Waals surface area contributed by atoms with E-state index in [1.807, 2.05) is 128 Å². The van der Waals surface area contributed by atoms with Gasteiger partial charge in [0.25, 0.3) is 0 Å². The van der Waals surface area contributed by atoms with Gasteiger partial charge in [0.2, 0.25) is 0 Å². The molecule has 0 N–H and O–H groups in total. The zero-order valence-corrected chi connectivity index (χ0v) is 67.7. The number of rotatable bonds is 15. The third kappa shape index (κ3) is 20.1. The Bertz CT molecular complexity index is 4120. The lowest BCUT2D eigenvalue weighted by Crippen LogP contribution is -2.46. The van der Waals surface area contributed by atoms with E-state index in [2.05, 4.69) is 239 Å². The molecule has 3 aliphatic rings. The van der Waals surface area contributed by atoms with E-state index in [1.165, 1.54) is 12.1 Å². The SMILES string of the molecule is Brc1ccc(N(c2ccc(Br)cc2)c2ccc(N(c3ccc(Br)cc3)c3ccc(Br)cc3)cc2)cc1.CC1(C)OB(c2ccc(N(c3ccc(F)cc3)c3ccc(B4OC(C)(C)C(C)(C)O4)cc3)cc2)OC1(C)C.CCC1(COc2ccc(Br)cc2)COC1.FC(F)(F)c1cc(Br)cc(C(F)(F)F)c1. The van der Waals surface area contributed by atoms with Gasteiger partial charge in [-0.25, -0.2) is 4.39 Å². The summed E-state index contributed by atoms with van der Waals surface area (Å²) < 4.78 is 128. The Morgan fingerprint density at radius 2 is 0.596 bits per heavy atom. The van der Waals surface area contributed by atoms with Crippen molar-refractivity contribution in [3.63, 3.8) is 0 Å². The highest BCUT2D eigenvalue weighted by Crippen LogP contribution is 2.44. The molecule has 3 heterocycles. The van der Waals surface area contributed by atoms with Crippen LogP contribution < -0.4 is 30.4 Å². The van der Waals surface area contributed by atoms with E-state index >= 15 is 0 Å². The zero-order chi connectivity index (χ0) is 75.2. The molecule has 9 nitrogen and oxygen atoms in total. The van der Waals surface area contributed by atoms with Gasteiger partial charge < -0.3 is 42.8 Å². The molecule has 0 spiro atoms. The third-order valence-electron chi connectivity index (χ3n) is 18.6. The van der Waals surface area contributed by atoms with Crippen LogP contribution in [0.25, 0.3) is 0 Å². The van der Waals surface area contributed by atoms with Gasteiger partial charge in [-0.1, -0.05) is 127 Å². The zero-order valence-electron chi connectivity index (χ0n) is 58.2. The van der Waals surface area contributed by atoms with Crippen LogP contribution >= 0.6 is 95.6 Å². The number of alkyl halides is 6. The third-order valence-corrected chi connectivity index (χ3v) is 21.7. The molecule has 0 amide bonds. The fraction of sp³-hybridized carbons (Fsp3) is 0.250. The predicted octanol–water partition coefficient (Wildman–Crippen LogP) is 25.3. The smallest absolute Gasteiger partial charge is 0.493 e. The second kappa shape index (κ2) is 33.5. The Morgan fingerprint density at radius 3 is 0.837 bits per heavy atom. The summed E-state index contributed by atoms with van der Waals surface area (Å²) in [6, 6.07) is 74.1. The number of hydrogen-bond donors (Lipinski definition) is 0. The van der Waals surface area contributed by atoms with Crippen molar-refractivity contribution in [2.75, 3.05) is 34.5 Å². The summed E-state index contributed by atoms with van der Waals surface area (Å²) in [6.07, 6.45) is -8.46. The Balaban J connectivity index is 0.000000162. The summed E-state index contributed by atoms with van der Waals surface area (Å²) in [6.45, 7) is 21.0. The number of hydrogen-bond acceptors (Lipinski definition) is 9. The molecular formula is C80H74B2Br6F7N3O6. The van der Waals surface area contributed by atoms with Gasteiger partial charge in [-0.2, -0.15) is 26.3 Å². The molecule has 0 aromatic heterocycles. The predicted molar refractivity (Wildman–Crippen MR) is 426 cm³/mol. The van der Waals surface area contributed by atoms with Crippen molar-refractivity contribution in [1.29, 1.82) is 0 Å². The van der Waals surface area contributed by atoms with Crippen LogP contribution in [-0.2, 0) is 35.7 Å². The summed E-state index contributed by atoms with van der Waals surface area (Å²) in [5.41, 5.74) is 7.08. The molecule has 0 atom stereocenters. The van der Waals surface area contributed by atoms with Gasteiger partial charge >= 0.3 is 26.6 Å². The molecule has 0 bridgehead atoms. The largest absolute Gasteiger partial charge is 0.494 e. The highest BCUT2D eigenvalue weighted by molar-refractivity contribution is 9.11. The fourth-order valence-corrected chi connectivity index (χ4v) is 12.8. The Hall–Kier alpha value is -6.28. The molecule has 0 saturated carbocycles. The molecule has 10 aromatic carbocycles. The van der Waals surface area contributed by atoms with Crippen molar-refractivity contribution in [2.24, 2.45) is 5.41 Å². The first-order valence-corrected chi connectivity index (χ1v) is 37.9. The molecule has 542 valence electrons. The molecule has 0 unspecified atom stereocenters. The molecule has 0 aliphatic carbocycles. The average molecular weight is 1810 g/mol. The lowest BCUT2D eigenvalue weighted by molar-refractivity contribution is -0.143. The number of benzene rings is 10. The number of ether oxygens (including phenoxy) is 2. The molecule has 10 aromatic rings. The maximum Gasteiger partial charge on any atom is 0.494 e. The van der Waals surface area contributed by atoms with Crippen LogP contribution in [0.5, 0.6) is 5.75 Å². The highest BCUT2D eigenvalue weighted by atomic mass is 79.9. The molecule has 0 radical (unpaired) electrons. The molecule has 3 aliphatic heterocycles. The van der Waals surface area contributed by atoms with Crippen molar-refractivity contribution in [1.82, 2.24) is 0 Å². The minimum Gasteiger partial charge on any atom is -0.493 e. The molecule has 104 heavy (non-hydrogen) atoms. The van der Waals surface area contributed by atoms with Crippen LogP contribution in [-0.4, -0.2) is 56.5 Å². The quantitative estimate of drug-likeness (QED) is 0.0738. The van der Waals surface area contributed by atoms with Crippen molar-refractivity contribution >= 4 is 172 Å². The summed E-state index contributed by atoms with van der Waals surface area (Å²) in [5.74, 6) is 0.652. The van der Waals surface area contributed by atoms with Crippen LogP contribution in [0.2, 0.25) is 0 Å². The van der Waals surface area contributed by atoms with E-state index in [4.69, 9.17) is 28.1 Å². The summed E-state index contributed by atoms with van der Waals surface area (Å²) >= 11 is 20.2. The molecule has 13 rings (SSSR count). The number of nitrogens with zero attached hydrogens (tertiary/aromatic N) is 3. The molecule has 3 saturated heterocycles. The van der Waals surface area contributed by atoms with Gasteiger partial charge in [0.05, 0.1) is 58.8 Å². The first kappa shape index (κ1) is 80.3. The van der Waals surface area contributed by atoms with Crippen LogP contribution in [0.3, 0.4) is 0 Å². The van der Waals surface area contributed by atoms with E-state index < -0.39 is 60.1 Å². The minimum absolute atomic E-state index is 0.0742. The van der Waals surface area contributed by atoms with E-state index in [0.29, 0.717) is 12.1 Å². The Labute approximate surface area is 654 Å². The Morgan fingerprint density at radius 1 is 0.356 bits per heavy atom. The maximum atomic E-state index is 13.8. The number of halogens is 13. The van der Waals surface area contributed by atoms with E-state index in [0.717, 1.165) is 116 Å². The fourth-order valence-electron chi connectivity index (χ4n) is 11.0.